The van der Waals surface area contributed by atoms with Crippen LogP contribution in [0.5, 0.6) is 5.75 Å². The van der Waals surface area contributed by atoms with Crippen molar-refractivity contribution >= 4 is 5.91 Å². The van der Waals surface area contributed by atoms with E-state index in [9.17, 15) is 9.90 Å². The van der Waals surface area contributed by atoms with Gasteiger partial charge in [-0.15, -0.1) is 0 Å². The van der Waals surface area contributed by atoms with Crippen LogP contribution in [0.25, 0.3) is 5.69 Å². The van der Waals surface area contributed by atoms with Crippen LogP contribution in [0.15, 0.2) is 30.5 Å². The maximum atomic E-state index is 12.3. The average Bonchev–Trinajstić information content (AvgIpc) is 2.98. The Morgan fingerprint density at radius 3 is 2.75 bits per heavy atom. The second-order valence-corrected chi connectivity index (χ2v) is 6.57. The molecule has 1 unspecified atom stereocenters. The maximum absolute atomic E-state index is 12.3. The van der Waals surface area contributed by atoms with Crippen molar-refractivity contribution in [2.45, 2.75) is 38.6 Å². The quantitative estimate of drug-likeness (QED) is 0.804. The molecule has 1 atom stereocenters. The number of nitrogens with one attached hydrogen (secondary N) is 2. The van der Waals surface area contributed by atoms with Gasteiger partial charge >= 0.3 is 0 Å². The van der Waals surface area contributed by atoms with Crippen LogP contribution in [0.4, 0.5) is 0 Å². The van der Waals surface area contributed by atoms with Gasteiger partial charge in [0.25, 0.3) is 5.91 Å². The third-order valence-electron chi connectivity index (χ3n) is 4.37. The number of hydrogen-bond acceptors (Lipinski definition) is 4. The van der Waals surface area contributed by atoms with Crippen LogP contribution in [0.3, 0.4) is 0 Å². The monoisotopic (exact) mass is 328 g/mol. The number of hydrogen-bond donors (Lipinski definition) is 3. The molecule has 3 N–H and O–H groups in total. The molecular weight excluding hydrogens is 304 g/mol. The molecule has 0 spiro atoms. The lowest BCUT2D eigenvalue weighted by molar-refractivity contribution is 0.0922. The Bertz CT molecular complexity index is 700. The maximum Gasteiger partial charge on any atom is 0.275 e. The van der Waals surface area contributed by atoms with Gasteiger partial charge in [-0.3, -0.25) is 4.79 Å². The molecule has 2 heterocycles. The summed E-state index contributed by atoms with van der Waals surface area (Å²) in [6.07, 6.45) is 3.45. The van der Waals surface area contributed by atoms with Gasteiger partial charge in [-0.05, 0) is 43.0 Å². The average molecular weight is 328 g/mol. The predicted molar refractivity (Wildman–Crippen MR) is 92.7 cm³/mol. The van der Waals surface area contributed by atoms with E-state index in [1.807, 2.05) is 24.3 Å². The molecule has 24 heavy (non-hydrogen) atoms. The number of rotatable bonds is 4. The fourth-order valence-electron chi connectivity index (χ4n) is 2.90. The Morgan fingerprint density at radius 2 is 2.12 bits per heavy atom. The molecular formula is C18H24N4O2. The van der Waals surface area contributed by atoms with Crippen molar-refractivity contribution in [1.82, 2.24) is 20.4 Å². The highest BCUT2D eigenvalue weighted by atomic mass is 16.3. The molecule has 1 aliphatic rings. The lowest BCUT2D eigenvalue weighted by Crippen LogP contribution is -2.45. The van der Waals surface area contributed by atoms with Gasteiger partial charge in [-0.1, -0.05) is 26.0 Å². The van der Waals surface area contributed by atoms with E-state index in [1.54, 1.807) is 0 Å². The van der Waals surface area contributed by atoms with Gasteiger partial charge in [0.15, 0.2) is 11.4 Å². The van der Waals surface area contributed by atoms with Gasteiger partial charge in [-0.25, -0.2) is 4.68 Å². The summed E-state index contributed by atoms with van der Waals surface area (Å²) in [5, 5.41) is 20.5. The predicted octanol–water partition coefficient (Wildman–Crippen LogP) is 2.18. The van der Waals surface area contributed by atoms with E-state index in [2.05, 4.69) is 29.6 Å². The SMILES string of the molecule is CC(C)c1ccc(-n2cc(O)c(C(=O)NC3CCCNC3)n2)cc1. The second-order valence-electron chi connectivity index (χ2n) is 6.57. The number of piperidine rings is 1. The molecule has 0 saturated carbocycles. The van der Waals surface area contributed by atoms with E-state index in [-0.39, 0.29) is 23.4 Å². The smallest absolute Gasteiger partial charge is 0.275 e. The molecule has 6 nitrogen and oxygen atoms in total. The molecule has 0 aliphatic carbocycles. The third kappa shape index (κ3) is 3.59. The molecule has 1 amide bonds. The van der Waals surface area contributed by atoms with Crippen LogP contribution in [0.2, 0.25) is 0 Å². The van der Waals surface area contributed by atoms with Crippen molar-refractivity contribution in [2.24, 2.45) is 0 Å². The summed E-state index contributed by atoms with van der Waals surface area (Å²) >= 11 is 0. The van der Waals surface area contributed by atoms with Gasteiger partial charge in [0.05, 0.1) is 11.9 Å². The van der Waals surface area contributed by atoms with Crippen LogP contribution >= 0.6 is 0 Å². The number of nitrogens with zero attached hydrogens (tertiary/aromatic N) is 2. The molecule has 0 bridgehead atoms. The summed E-state index contributed by atoms with van der Waals surface area (Å²) in [6, 6.07) is 8.03. The fourth-order valence-corrected chi connectivity index (χ4v) is 2.90. The molecule has 1 aromatic carbocycles. The van der Waals surface area contributed by atoms with Crippen molar-refractivity contribution < 1.29 is 9.90 Å². The molecule has 1 saturated heterocycles. The molecule has 0 radical (unpaired) electrons. The van der Waals surface area contributed by atoms with Crippen LogP contribution in [0.1, 0.15) is 48.7 Å². The lowest BCUT2D eigenvalue weighted by Gasteiger charge is -2.23. The minimum atomic E-state index is -0.334. The van der Waals surface area contributed by atoms with E-state index in [0.29, 0.717) is 5.92 Å². The molecule has 1 aliphatic heterocycles. The van der Waals surface area contributed by atoms with Crippen LogP contribution in [0, 0.1) is 0 Å². The number of benzene rings is 1. The Morgan fingerprint density at radius 1 is 1.38 bits per heavy atom. The molecule has 2 aromatic rings. The first-order valence-corrected chi connectivity index (χ1v) is 8.45. The Hall–Kier alpha value is -2.34. The summed E-state index contributed by atoms with van der Waals surface area (Å²) in [5.74, 6) is 0.0125. The topological polar surface area (TPSA) is 79.2 Å². The fraction of sp³-hybridized carbons (Fsp3) is 0.444. The van der Waals surface area contributed by atoms with Gasteiger partial charge in [0.2, 0.25) is 0 Å². The first-order valence-electron chi connectivity index (χ1n) is 8.45. The summed E-state index contributed by atoms with van der Waals surface area (Å²) in [4.78, 5) is 12.3. The molecule has 1 fully saturated rings. The van der Waals surface area contributed by atoms with E-state index in [0.717, 1.165) is 31.6 Å². The van der Waals surface area contributed by atoms with Crippen molar-refractivity contribution in [3.63, 3.8) is 0 Å². The Kier molecular flexibility index (Phi) is 4.85. The minimum Gasteiger partial charge on any atom is -0.504 e. The van der Waals surface area contributed by atoms with Crippen molar-refractivity contribution in [3.8, 4) is 11.4 Å². The molecule has 128 valence electrons. The van der Waals surface area contributed by atoms with Gasteiger partial charge in [0, 0.05) is 12.6 Å². The first kappa shape index (κ1) is 16.5. The highest BCUT2D eigenvalue weighted by Gasteiger charge is 2.21. The zero-order valence-corrected chi connectivity index (χ0v) is 14.1. The van der Waals surface area contributed by atoms with E-state index < -0.39 is 0 Å². The van der Waals surface area contributed by atoms with Gasteiger partial charge in [0.1, 0.15) is 0 Å². The van der Waals surface area contributed by atoms with Gasteiger partial charge < -0.3 is 15.7 Å². The number of carbonyl (C=O) groups is 1. The largest absolute Gasteiger partial charge is 0.504 e. The van der Waals surface area contributed by atoms with Crippen LogP contribution in [-0.4, -0.2) is 39.9 Å². The number of aromatic hydroxyl groups is 1. The van der Waals surface area contributed by atoms with Crippen molar-refractivity contribution in [3.05, 3.63) is 41.7 Å². The number of amides is 1. The Balaban J connectivity index is 1.75. The summed E-state index contributed by atoms with van der Waals surface area (Å²) in [7, 11) is 0. The zero-order valence-electron chi connectivity index (χ0n) is 14.1. The van der Waals surface area contributed by atoms with E-state index >= 15 is 0 Å². The highest BCUT2D eigenvalue weighted by molar-refractivity contribution is 5.95. The summed E-state index contributed by atoms with van der Waals surface area (Å²) in [6.45, 7) is 6.01. The number of aromatic nitrogens is 2. The minimum absolute atomic E-state index is 0.0634. The standard InChI is InChI=1S/C18H24N4O2/c1-12(2)13-5-7-15(8-6-13)22-11-16(23)17(21-22)18(24)20-14-4-3-9-19-10-14/h5-8,11-12,14,19,23H,3-4,9-10H2,1-2H3,(H,20,24). The second kappa shape index (κ2) is 7.05. The van der Waals surface area contributed by atoms with E-state index in [4.69, 9.17) is 0 Å². The normalized spacial score (nSPS) is 17.9. The number of carbonyl (C=O) groups excluding carboxylic acids is 1. The van der Waals surface area contributed by atoms with Gasteiger partial charge in [-0.2, -0.15) is 5.10 Å². The van der Waals surface area contributed by atoms with E-state index in [1.165, 1.54) is 16.4 Å². The molecule has 6 heteroatoms. The van der Waals surface area contributed by atoms with Crippen molar-refractivity contribution in [1.29, 1.82) is 0 Å². The zero-order chi connectivity index (χ0) is 17.1. The first-order chi connectivity index (χ1) is 11.5. The summed E-state index contributed by atoms with van der Waals surface area (Å²) in [5.41, 5.74) is 2.11. The van der Waals surface area contributed by atoms with Crippen molar-refractivity contribution in [2.75, 3.05) is 13.1 Å². The Labute approximate surface area is 141 Å². The molecule has 1 aromatic heterocycles. The van der Waals surface area contributed by atoms with Crippen LogP contribution < -0.4 is 10.6 Å². The third-order valence-corrected chi connectivity index (χ3v) is 4.37. The van der Waals surface area contributed by atoms with Crippen LogP contribution in [-0.2, 0) is 0 Å². The molecule has 3 rings (SSSR count). The lowest BCUT2D eigenvalue weighted by atomic mass is 10.0. The summed E-state index contributed by atoms with van der Waals surface area (Å²) < 4.78 is 1.54. The highest BCUT2D eigenvalue weighted by Crippen LogP contribution is 2.21.